The smallest absolute Gasteiger partial charge is 0.253 e. The maximum absolute atomic E-state index is 13.4. The van der Waals surface area contributed by atoms with Crippen molar-refractivity contribution in [1.29, 1.82) is 0 Å². The lowest BCUT2D eigenvalue weighted by atomic mass is 10.1. The van der Waals surface area contributed by atoms with Gasteiger partial charge in [-0.3, -0.25) is 4.79 Å². The van der Waals surface area contributed by atoms with Gasteiger partial charge in [-0.1, -0.05) is 0 Å². The van der Waals surface area contributed by atoms with Gasteiger partial charge in [0, 0.05) is 18.7 Å². The van der Waals surface area contributed by atoms with Crippen molar-refractivity contribution in [3.8, 4) is 0 Å². The summed E-state index contributed by atoms with van der Waals surface area (Å²) >= 11 is 0. The molecule has 0 unspecified atom stereocenters. The largest absolute Gasteiger partial charge is 0.396 e. The van der Waals surface area contributed by atoms with E-state index in [0.717, 1.165) is 13.0 Å². The molecule has 0 aliphatic carbocycles. The lowest BCUT2D eigenvalue weighted by Gasteiger charge is -2.22. The second kappa shape index (κ2) is 7.09. The van der Waals surface area contributed by atoms with E-state index in [0.29, 0.717) is 18.7 Å². The Morgan fingerprint density at radius 1 is 1.32 bits per heavy atom. The minimum atomic E-state index is -0.546. The Bertz CT molecular complexity index is 435. The van der Waals surface area contributed by atoms with Crippen molar-refractivity contribution in [2.45, 2.75) is 13.3 Å². The van der Waals surface area contributed by atoms with Crippen molar-refractivity contribution in [2.24, 2.45) is 0 Å². The van der Waals surface area contributed by atoms with Gasteiger partial charge in [0.25, 0.3) is 5.91 Å². The molecule has 1 rings (SSSR count). The van der Waals surface area contributed by atoms with Crippen LogP contribution in [0.4, 0.5) is 10.1 Å². The van der Waals surface area contributed by atoms with Gasteiger partial charge in [-0.2, -0.15) is 0 Å². The summed E-state index contributed by atoms with van der Waals surface area (Å²) in [7, 11) is 3.99. The molecule has 106 valence electrons. The number of halogens is 1. The number of hydrogen-bond donors (Lipinski definition) is 1. The van der Waals surface area contributed by atoms with Crippen LogP contribution in [0, 0.1) is 5.82 Å². The van der Waals surface area contributed by atoms with Crippen LogP contribution in [0.15, 0.2) is 18.2 Å². The van der Waals surface area contributed by atoms with E-state index >= 15 is 0 Å². The van der Waals surface area contributed by atoms with Crippen LogP contribution < -0.4 is 5.73 Å². The summed E-state index contributed by atoms with van der Waals surface area (Å²) in [6, 6.07) is 4.19. The Balaban J connectivity index is 2.69. The third-order valence-electron chi connectivity index (χ3n) is 2.95. The molecule has 2 N–H and O–H groups in total. The third-order valence-corrected chi connectivity index (χ3v) is 2.95. The van der Waals surface area contributed by atoms with Gasteiger partial charge >= 0.3 is 0 Å². The number of hydrogen-bond acceptors (Lipinski definition) is 3. The molecule has 0 spiro atoms. The number of benzene rings is 1. The minimum absolute atomic E-state index is 0.0622. The topological polar surface area (TPSA) is 49.6 Å². The highest BCUT2D eigenvalue weighted by Crippen LogP contribution is 2.14. The predicted molar refractivity (Wildman–Crippen MR) is 75.6 cm³/mol. The van der Waals surface area contributed by atoms with Gasteiger partial charge in [-0.25, -0.2) is 4.39 Å². The van der Waals surface area contributed by atoms with E-state index < -0.39 is 5.82 Å². The SMILES string of the molecule is CCN(CCCN(C)C)C(=O)c1ccc(N)c(F)c1. The first kappa shape index (κ1) is 15.4. The number of anilines is 1. The molecule has 0 aliphatic rings. The molecule has 0 heterocycles. The molecule has 4 nitrogen and oxygen atoms in total. The van der Waals surface area contributed by atoms with Crippen LogP contribution in [0.1, 0.15) is 23.7 Å². The lowest BCUT2D eigenvalue weighted by molar-refractivity contribution is 0.0759. The van der Waals surface area contributed by atoms with Crippen molar-refractivity contribution in [3.63, 3.8) is 0 Å². The van der Waals surface area contributed by atoms with Crippen molar-refractivity contribution >= 4 is 11.6 Å². The van der Waals surface area contributed by atoms with Crippen molar-refractivity contribution < 1.29 is 9.18 Å². The van der Waals surface area contributed by atoms with Gasteiger partial charge in [0.1, 0.15) is 5.82 Å². The fourth-order valence-corrected chi connectivity index (χ4v) is 1.82. The number of amides is 1. The monoisotopic (exact) mass is 267 g/mol. The van der Waals surface area contributed by atoms with Crippen molar-refractivity contribution in [2.75, 3.05) is 39.5 Å². The first-order valence-electron chi connectivity index (χ1n) is 6.44. The molecule has 0 saturated heterocycles. The van der Waals surface area contributed by atoms with Crippen LogP contribution in [0.25, 0.3) is 0 Å². The molecule has 0 saturated carbocycles. The van der Waals surface area contributed by atoms with Gasteiger partial charge in [0.2, 0.25) is 0 Å². The number of nitrogens with zero attached hydrogens (tertiary/aromatic N) is 2. The van der Waals surface area contributed by atoms with Crippen LogP contribution in [0.5, 0.6) is 0 Å². The molecular formula is C14H22FN3O. The molecule has 0 bridgehead atoms. The van der Waals surface area contributed by atoms with Gasteiger partial charge in [-0.05, 0) is 52.2 Å². The average Bonchev–Trinajstić information content (AvgIpc) is 2.37. The molecule has 0 atom stereocenters. The van der Waals surface area contributed by atoms with Gasteiger partial charge < -0.3 is 15.5 Å². The number of nitrogen functional groups attached to an aromatic ring is 1. The first-order chi connectivity index (χ1) is 8.95. The van der Waals surface area contributed by atoms with Crippen LogP contribution in [0.2, 0.25) is 0 Å². The van der Waals surface area contributed by atoms with Crippen LogP contribution >= 0.6 is 0 Å². The summed E-state index contributed by atoms with van der Waals surface area (Å²) in [4.78, 5) is 16.0. The number of nitrogens with two attached hydrogens (primary N) is 1. The maximum Gasteiger partial charge on any atom is 0.253 e. The predicted octanol–water partition coefficient (Wildman–Crippen LogP) is 1.82. The summed E-state index contributed by atoms with van der Waals surface area (Å²) in [6.07, 6.45) is 0.893. The number of carbonyl (C=O) groups excluding carboxylic acids is 1. The van der Waals surface area contributed by atoms with E-state index in [2.05, 4.69) is 4.90 Å². The summed E-state index contributed by atoms with van der Waals surface area (Å²) in [5.74, 6) is -0.699. The van der Waals surface area contributed by atoms with Gasteiger partial charge in [0.05, 0.1) is 5.69 Å². The Hall–Kier alpha value is -1.62. The summed E-state index contributed by atoms with van der Waals surface area (Å²) in [6.45, 7) is 4.11. The normalized spacial score (nSPS) is 10.8. The molecule has 5 heteroatoms. The highest BCUT2D eigenvalue weighted by atomic mass is 19.1. The van der Waals surface area contributed by atoms with E-state index in [-0.39, 0.29) is 11.6 Å². The van der Waals surface area contributed by atoms with Crippen LogP contribution in [0.3, 0.4) is 0 Å². The van der Waals surface area contributed by atoms with E-state index in [1.165, 1.54) is 12.1 Å². The molecule has 19 heavy (non-hydrogen) atoms. The molecular weight excluding hydrogens is 245 g/mol. The van der Waals surface area contributed by atoms with E-state index in [1.807, 2.05) is 21.0 Å². The molecule has 0 aliphatic heterocycles. The quantitative estimate of drug-likeness (QED) is 0.800. The van der Waals surface area contributed by atoms with Crippen molar-refractivity contribution in [3.05, 3.63) is 29.6 Å². The van der Waals surface area contributed by atoms with E-state index in [9.17, 15) is 9.18 Å². The van der Waals surface area contributed by atoms with Gasteiger partial charge in [0.15, 0.2) is 0 Å². The van der Waals surface area contributed by atoms with E-state index in [4.69, 9.17) is 5.73 Å². The second-order valence-corrected chi connectivity index (χ2v) is 4.78. The first-order valence-corrected chi connectivity index (χ1v) is 6.44. The third kappa shape index (κ3) is 4.52. The molecule has 0 aromatic heterocycles. The zero-order valence-corrected chi connectivity index (χ0v) is 11.8. The van der Waals surface area contributed by atoms with Crippen molar-refractivity contribution in [1.82, 2.24) is 9.80 Å². The maximum atomic E-state index is 13.4. The molecule has 1 amide bonds. The molecule has 0 fully saturated rings. The van der Waals surface area contributed by atoms with Gasteiger partial charge in [-0.15, -0.1) is 0 Å². The fourth-order valence-electron chi connectivity index (χ4n) is 1.82. The molecule has 1 aromatic rings. The second-order valence-electron chi connectivity index (χ2n) is 4.78. The van der Waals surface area contributed by atoms with Crippen LogP contribution in [-0.2, 0) is 0 Å². The fraction of sp³-hybridized carbons (Fsp3) is 0.500. The zero-order chi connectivity index (χ0) is 14.4. The minimum Gasteiger partial charge on any atom is -0.396 e. The Morgan fingerprint density at radius 2 is 2.00 bits per heavy atom. The Morgan fingerprint density at radius 3 is 2.53 bits per heavy atom. The highest BCUT2D eigenvalue weighted by Gasteiger charge is 2.15. The Kier molecular flexibility index (Phi) is 5.76. The summed E-state index contributed by atoms with van der Waals surface area (Å²) < 4.78 is 13.4. The van der Waals surface area contributed by atoms with E-state index in [1.54, 1.807) is 11.0 Å². The molecule has 0 radical (unpaired) electrons. The lowest BCUT2D eigenvalue weighted by Crippen LogP contribution is -2.33. The van der Waals surface area contributed by atoms with Crippen LogP contribution in [-0.4, -0.2) is 49.4 Å². The summed E-state index contributed by atoms with van der Waals surface area (Å²) in [5.41, 5.74) is 5.81. The average molecular weight is 267 g/mol. The number of rotatable bonds is 6. The summed E-state index contributed by atoms with van der Waals surface area (Å²) in [5, 5.41) is 0. The highest BCUT2D eigenvalue weighted by molar-refractivity contribution is 5.94. The standard InChI is InChI=1S/C14H22FN3O/c1-4-18(9-5-8-17(2)3)14(19)11-6-7-13(16)12(15)10-11/h6-7,10H,4-5,8-9,16H2,1-3H3. The number of carbonyl (C=O) groups is 1. The molecule has 1 aromatic carbocycles. The Labute approximate surface area is 114 Å². The zero-order valence-electron chi connectivity index (χ0n) is 11.8.